The lowest BCUT2D eigenvalue weighted by molar-refractivity contribution is -0.132. The van der Waals surface area contributed by atoms with Crippen molar-refractivity contribution in [2.45, 2.75) is 31.7 Å². The maximum atomic E-state index is 12.3. The fourth-order valence-corrected chi connectivity index (χ4v) is 2.82. The molecule has 120 valence electrons. The zero-order valence-corrected chi connectivity index (χ0v) is 13.1. The van der Waals surface area contributed by atoms with Gasteiger partial charge in [0.15, 0.2) is 0 Å². The van der Waals surface area contributed by atoms with Crippen LogP contribution in [0.4, 0.5) is 5.82 Å². The first-order chi connectivity index (χ1) is 11.3. The molecule has 1 fully saturated rings. The Morgan fingerprint density at radius 3 is 2.65 bits per heavy atom. The SMILES string of the molecule is O=C(CCc1ccncc1)N1CCC(Nc2cccnn2)CC1. The van der Waals surface area contributed by atoms with Gasteiger partial charge in [0.2, 0.25) is 5.91 Å². The van der Waals surface area contributed by atoms with E-state index >= 15 is 0 Å². The molecule has 6 heteroatoms. The van der Waals surface area contributed by atoms with E-state index < -0.39 is 0 Å². The van der Waals surface area contributed by atoms with Gasteiger partial charge in [-0.05, 0) is 49.1 Å². The molecular formula is C17H21N5O. The van der Waals surface area contributed by atoms with Crippen molar-refractivity contribution in [2.75, 3.05) is 18.4 Å². The first kappa shape index (κ1) is 15.4. The fraction of sp³-hybridized carbons (Fsp3) is 0.412. The molecular weight excluding hydrogens is 290 g/mol. The van der Waals surface area contributed by atoms with Crippen molar-refractivity contribution in [3.05, 3.63) is 48.4 Å². The number of carbonyl (C=O) groups excluding carboxylic acids is 1. The van der Waals surface area contributed by atoms with Crippen molar-refractivity contribution in [1.29, 1.82) is 0 Å². The number of hydrogen-bond acceptors (Lipinski definition) is 5. The van der Waals surface area contributed by atoms with Crippen LogP contribution >= 0.6 is 0 Å². The van der Waals surface area contributed by atoms with E-state index in [0.29, 0.717) is 12.5 Å². The van der Waals surface area contributed by atoms with Crippen LogP contribution in [-0.2, 0) is 11.2 Å². The van der Waals surface area contributed by atoms with E-state index in [1.54, 1.807) is 18.6 Å². The first-order valence-electron chi connectivity index (χ1n) is 8.02. The quantitative estimate of drug-likeness (QED) is 0.913. The van der Waals surface area contributed by atoms with Crippen LogP contribution in [0, 0.1) is 0 Å². The van der Waals surface area contributed by atoms with E-state index in [1.807, 2.05) is 29.2 Å². The highest BCUT2D eigenvalue weighted by molar-refractivity contribution is 5.76. The van der Waals surface area contributed by atoms with Crippen LogP contribution in [0.2, 0.25) is 0 Å². The van der Waals surface area contributed by atoms with Gasteiger partial charge < -0.3 is 10.2 Å². The predicted molar refractivity (Wildman–Crippen MR) is 87.8 cm³/mol. The van der Waals surface area contributed by atoms with Crippen molar-refractivity contribution < 1.29 is 4.79 Å². The minimum atomic E-state index is 0.236. The van der Waals surface area contributed by atoms with Crippen LogP contribution < -0.4 is 5.32 Å². The van der Waals surface area contributed by atoms with Gasteiger partial charge in [0.1, 0.15) is 5.82 Å². The molecule has 0 unspecified atom stereocenters. The lowest BCUT2D eigenvalue weighted by atomic mass is 10.0. The summed E-state index contributed by atoms with van der Waals surface area (Å²) in [5.74, 6) is 1.04. The van der Waals surface area contributed by atoms with Gasteiger partial charge in [-0.15, -0.1) is 5.10 Å². The summed E-state index contributed by atoms with van der Waals surface area (Å²) >= 11 is 0. The Kier molecular flexibility index (Phi) is 5.13. The predicted octanol–water partition coefficient (Wildman–Crippen LogP) is 1.91. The summed E-state index contributed by atoms with van der Waals surface area (Å²) < 4.78 is 0. The lowest BCUT2D eigenvalue weighted by Crippen LogP contribution is -2.42. The molecule has 0 spiro atoms. The maximum absolute atomic E-state index is 12.3. The van der Waals surface area contributed by atoms with Gasteiger partial charge in [0.05, 0.1) is 0 Å². The number of likely N-dealkylation sites (tertiary alicyclic amines) is 1. The zero-order chi connectivity index (χ0) is 15.9. The lowest BCUT2D eigenvalue weighted by Gasteiger charge is -2.32. The summed E-state index contributed by atoms with van der Waals surface area (Å²) in [6.07, 6.45) is 8.42. The second kappa shape index (κ2) is 7.67. The minimum absolute atomic E-state index is 0.236. The number of hydrogen-bond donors (Lipinski definition) is 1. The molecule has 1 N–H and O–H groups in total. The van der Waals surface area contributed by atoms with Gasteiger partial charge in [-0.2, -0.15) is 5.10 Å². The topological polar surface area (TPSA) is 71.0 Å². The van der Waals surface area contributed by atoms with E-state index in [0.717, 1.165) is 43.7 Å². The summed E-state index contributed by atoms with van der Waals surface area (Å²) in [5, 5.41) is 11.3. The summed E-state index contributed by atoms with van der Waals surface area (Å²) in [6.45, 7) is 1.60. The molecule has 2 aromatic rings. The largest absolute Gasteiger partial charge is 0.366 e. The van der Waals surface area contributed by atoms with Crippen molar-refractivity contribution in [3.8, 4) is 0 Å². The Bertz CT molecular complexity index is 611. The number of anilines is 1. The number of piperidine rings is 1. The Balaban J connectivity index is 1.42. The highest BCUT2D eigenvalue weighted by atomic mass is 16.2. The number of nitrogens with one attached hydrogen (secondary N) is 1. The monoisotopic (exact) mass is 311 g/mol. The third-order valence-electron chi connectivity index (χ3n) is 4.15. The van der Waals surface area contributed by atoms with Crippen molar-refractivity contribution in [2.24, 2.45) is 0 Å². The molecule has 1 aliphatic rings. The molecule has 0 radical (unpaired) electrons. The zero-order valence-electron chi connectivity index (χ0n) is 13.1. The highest BCUT2D eigenvalue weighted by Gasteiger charge is 2.22. The molecule has 6 nitrogen and oxygen atoms in total. The Labute approximate surface area is 136 Å². The van der Waals surface area contributed by atoms with Gasteiger partial charge in [-0.25, -0.2) is 0 Å². The molecule has 0 aliphatic carbocycles. The molecule has 1 amide bonds. The van der Waals surface area contributed by atoms with Gasteiger partial charge in [-0.1, -0.05) is 0 Å². The molecule has 3 heterocycles. The number of nitrogens with zero attached hydrogens (tertiary/aromatic N) is 4. The second-order valence-corrected chi connectivity index (χ2v) is 5.76. The normalized spacial score (nSPS) is 15.4. The van der Waals surface area contributed by atoms with Gasteiger partial charge in [-0.3, -0.25) is 9.78 Å². The second-order valence-electron chi connectivity index (χ2n) is 5.76. The minimum Gasteiger partial charge on any atom is -0.366 e. The van der Waals surface area contributed by atoms with Crippen molar-refractivity contribution in [1.82, 2.24) is 20.1 Å². The summed E-state index contributed by atoms with van der Waals surface area (Å²) in [7, 11) is 0. The number of amides is 1. The number of rotatable bonds is 5. The third kappa shape index (κ3) is 4.48. The first-order valence-corrected chi connectivity index (χ1v) is 8.02. The molecule has 0 atom stereocenters. The third-order valence-corrected chi connectivity index (χ3v) is 4.15. The van der Waals surface area contributed by atoms with E-state index in [1.165, 1.54) is 0 Å². The average molecular weight is 311 g/mol. The van der Waals surface area contributed by atoms with Gasteiger partial charge in [0.25, 0.3) is 0 Å². The standard InChI is InChI=1S/C17H21N5O/c23-17(4-3-14-5-10-18-11-6-14)22-12-7-15(8-13-22)20-16-2-1-9-19-21-16/h1-2,5-6,9-11,15H,3-4,7-8,12-13H2,(H,20,21). The number of aromatic nitrogens is 3. The summed E-state index contributed by atoms with van der Waals surface area (Å²) in [6, 6.07) is 8.07. The van der Waals surface area contributed by atoms with Crippen LogP contribution in [0.5, 0.6) is 0 Å². The molecule has 2 aromatic heterocycles. The van der Waals surface area contributed by atoms with Crippen LogP contribution in [-0.4, -0.2) is 45.1 Å². The van der Waals surface area contributed by atoms with E-state index in [-0.39, 0.29) is 5.91 Å². The number of carbonyl (C=O) groups is 1. The Morgan fingerprint density at radius 1 is 1.17 bits per heavy atom. The molecule has 1 aliphatic heterocycles. The molecule has 0 saturated carbocycles. The van der Waals surface area contributed by atoms with Crippen LogP contribution in [0.15, 0.2) is 42.9 Å². The average Bonchev–Trinajstić information content (AvgIpc) is 2.62. The molecule has 1 saturated heterocycles. The van der Waals surface area contributed by atoms with Crippen molar-refractivity contribution >= 4 is 11.7 Å². The summed E-state index contributed by atoms with van der Waals surface area (Å²) in [5.41, 5.74) is 1.16. The molecule has 0 aromatic carbocycles. The fourth-order valence-electron chi connectivity index (χ4n) is 2.82. The number of pyridine rings is 1. The molecule has 3 rings (SSSR count). The van der Waals surface area contributed by atoms with Crippen molar-refractivity contribution in [3.63, 3.8) is 0 Å². The van der Waals surface area contributed by atoms with Gasteiger partial charge in [0, 0.05) is 44.1 Å². The van der Waals surface area contributed by atoms with Crippen LogP contribution in [0.1, 0.15) is 24.8 Å². The van der Waals surface area contributed by atoms with E-state index in [4.69, 9.17) is 0 Å². The molecule has 23 heavy (non-hydrogen) atoms. The summed E-state index contributed by atoms with van der Waals surface area (Å²) in [4.78, 5) is 18.3. The highest BCUT2D eigenvalue weighted by Crippen LogP contribution is 2.16. The maximum Gasteiger partial charge on any atom is 0.222 e. The van der Waals surface area contributed by atoms with Crippen LogP contribution in [0.25, 0.3) is 0 Å². The van der Waals surface area contributed by atoms with E-state index in [9.17, 15) is 4.79 Å². The number of aryl methyl sites for hydroxylation is 1. The van der Waals surface area contributed by atoms with E-state index in [2.05, 4.69) is 20.5 Å². The smallest absolute Gasteiger partial charge is 0.222 e. The Hall–Kier alpha value is -2.50. The van der Waals surface area contributed by atoms with Gasteiger partial charge >= 0.3 is 0 Å². The molecule has 0 bridgehead atoms. The van der Waals surface area contributed by atoms with Crippen LogP contribution in [0.3, 0.4) is 0 Å². The Morgan fingerprint density at radius 2 is 1.96 bits per heavy atom.